The van der Waals surface area contributed by atoms with Crippen molar-refractivity contribution in [2.75, 3.05) is 11.9 Å². The summed E-state index contributed by atoms with van der Waals surface area (Å²) < 4.78 is 19.3. The van der Waals surface area contributed by atoms with Gasteiger partial charge in [0.15, 0.2) is 0 Å². The lowest BCUT2D eigenvalue weighted by Gasteiger charge is -2.12. The highest BCUT2D eigenvalue weighted by atomic mass is 79.9. The molecule has 21 heavy (non-hydrogen) atoms. The van der Waals surface area contributed by atoms with E-state index >= 15 is 0 Å². The van der Waals surface area contributed by atoms with Gasteiger partial charge in [-0.2, -0.15) is 0 Å². The second-order valence-electron chi connectivity index (χ2n) is 4.68. The number of hydrogen-bond donors (Lipinski definition) is 0. The summed E-state index contributed by atoms with van der Waals surface area (Å²) in [5, 5.41) is 0.590. The van der Waals surface area contributed by atoms with E-state index in [1.807, 2.05) is 30.3 Å². The van der Waals surface area contributed by atoms with Crippen LogP contribution in [0.2, 0.25) is 0 Å². The van der Waals surface area contributed by atoms with Crippen molar-refractivity contribution >= 4 is 21.9 Å². The fourth-order valence-electron chi connectivity index (χ4n) is 2.05. The highest BCUT2D eigenvalue weighted by molar-refractivity contribution is 9.09. The summed E-state index contributed by atoms with van der Waals surface area (Å²) in [4.78, 5) is 11.8. The molecule has 2 nitrogen and oxygen atoms in total. The molecular formula is C17H16BrFO2. The lowest BCUT2D eigenvalue weighted by Crippen LogP contribution is -2.14. The first kappa shape index (κ1) is 15.7. The van der Waals surface area contributed by atoms with Crippen molar-refractivity contribution in [3.8, 4) is 11.1 Å². The van der Waals surface area contributed by atoms with E-state index in [2.05, 4.69) is 15.9 Å². The van der Waals surface area contributed by atoms with E-state index in [4.69, 9.17) is 4.74 Å². The summed E-state index contributed by atoms with van der Waals surface area (Å²) in [7, 11) is 0. The van der Waals surface area contributed by atoms with Gasteiger partial charge in [-0.15, -0.1) is 0 Å². The average molecular weight is 351 g/mol. The molecule has 0 saturated carbocycles. The smallest absolute Gasteiger partial charge is 0.313 e. The molecule has 110 valence electrons. The normalized spacial score (nSPS) is 12.0. The number of esters is 1. The van der Waals surface area contributed by atoms with Crippen LogP contribution in [0.4, 0.5) is 4.39 Å². The molecule has 2 aromatic rings. The maximum absolute atomic E-state index is 14.3. The molecule has 0 spiro atoms. The van der Waals surface area contributed by atoms with Crippen molar-refractivity contribution in [3.05, 3.63) is 59.9 Å². The third-order valence-corrected chi connectivity index (χ3v) is 3.58. The first-order valence-electron chi connectivity index (χ1n) is 6.71. The van der Waals surface area contributed by atoms with E-state index in [1.54, 1.807) is 19.1 Å². The molecule has 1 atom stereocenters. The molecule has 0 fully saturated rings. The van der Waals surface area contributed by atoms with Gasteiger partial charge in [-0.05, 0) is 24.1 Å². The van der Waals surface area contributed by atoms with Crippen LogP contribution in [-0.4, -0.2) is 17.9 Å². The van der Waals surface area contributed by atoms with Crippen LogP contribution < -0.4 is 0 Å². The van der Waals surface area contributed by atoms with Crippen LogP contribution >= 0.6 is 15.9 Å². The Morgan fingerprint density at radius 1 is 1.24 bits per heavy atom. The van der Waals surface area contributed by atoms with Gasteiger partial charge in [-0.25, -0.2) is 4.39 Å². The van der Waals surface area contributed by atoms with E-state index in [0.717, 1.165) is 5.56 Å². The summed E-state index contributed by atoms with van der Waals surface area (Å²) in [5.41, 5.74) is 1.96. The number of alkyl halides is 1. The maximum atomic E-state index is 14.3. The molecule has 0 aliphatic rings. The van der Waals surface area contributed by atoms with E-state index in [1.165, 1.54) is 6.07 Å². The minimum atomic E-state index is -0.483. The van der Waals surface area contributed by atoms with Crippen LogP contribution in [0.5, 0.6) is 0 Å². The van der Waals surface area contributed by atoms with Crippen molar-refractivity contribution in [2.45, 2.75) is 12.8 Å². The lowest BCUT2D eigenvalue weighted by molar-refractivity contribution is -0.144. The quantitative estimate of drug-likeness (QED) is 0.584. The van der Waals surface area contributed by atoms with Gasteiger partial charge in [0, 0.05) is 10.9 Å². The number of ether oxygens (including phenoxy) is 1. The predicted molar refractivity (Wildman–Crippen MR) is 85.0 cm³/mol. The molecule has 0 aliphatic heterocycles. The highest BCUT2D eigenvalue weighted by Crippen LogP contribution is 2.26. The number of benzene rings is 2. The summed E-state index contributed by atoms with van der Waals surface area (Å²) in [6.45, 7) is 2.03. The fraction of sp³-hybridized carbons (Fsp3) is 0.235. The minimum absolute atomic E-state index is 0.313. The van der Waals surface area contributed by atoms with Gasteiger partial charge < -0.3 is 4.74 Å². The number of rotatable bonds is 5. The second-order valence-corrected chi connectivity index (χ2v) is 5.48. The molecule has 0 saturated heterocycles. The zero-order chi connectivity index (χ0) is 15.2. The molecule has 0 N–H and O–H groups in total. The number of halogens is 2. The molecule has 1 unspecified atom stereocenters. The average Bonchev–Trinajstić information content (AvgIpc) is 2.52. The van der Waals surface area contributed by atoms with E-state index in [9.17, 15) is 9.18 Å². The zero-order valence-electron chi connectivity index (χ0n) is 11.7. The molecule has 2 aromatic carbocycles. The number of carbonyl (C=O) groups excluding carboxylic acids is 1. The van der Waals surface area contributed by atoms with E-state index < -0.39 is 5.92 Å². The fourth-order valence-corrected chi connectivity index (χ4v) is 2.21. The lowest BCUT2D eigenvalue weighted by atomic mass is 9.97. The summed E-state index contributed by atoms with van der Waals surface area (Å²) in [5.74, 6) is -1.16. The van der Waals surface area contributed by atoms with E-state index in [0.29, 0.717) is 23.1 Å². The molecule has 0 bridgehead atoms. The first-order chi connectivity index (χ1) is 10.1. The van der Waals surface area contributed by atoms with Crippen LogP contribution in [-0.2, 0) is 9.53 Å². The van der Waals surface area contributed by atoms with Gasteiger partial charge in [0.05, 0.1) is 5.92 Å². The molecule has 0 aromatic heterocycles. The SMILES string of the molecule is CC(C(=O)OCCBr)c1ccc(-c2ccccc2)c(F)c1. The Hall–Kier alpha value is -1.68. The first-order valence-corrected chi connectivity index (χ1v) is 7.83. The molecule has 0 heterocycles. The predicted octanol–water partition coefficient (Wildman–Crippen LogP) is 4.53. The standard InChI is InChI=1S/C17H16BrFO2/c1-12(17(20)21-10-9-18)14-7-8-15(16(19)11-14)13-5-3-2-4-6-13/h2-8,11-12H,9-10H2,1H3. The highest BCUT2D eigenvalue weighted by Gasteiger charge is 2.18. The van der Waals surface area contributed by atoms with Crippen LogP contribution in [0.1, 0.15) is 18.4 Å². The Kier molecular flexibility index (Phi) is 5.51. The zero-order valence-corrected chi connectivity index (χ0v) is 13.3. The van der Waals surface area contributed by atoms with Crippen molar-refractivity contribution in [1.29, 1.82) is 0 Å². The van der Waals surface area contributed by atoms with Gasteiger partial charge in [0.25, 0.3) is 0 Å². The van der Waals surface area contributed by atoms with Crippen LogP contribution in [0.15, 0.2) is 48.5 Å². The van der Waals surface area contributed by atoms with Crippen molar-refractivity contribution in [2.24, 2.45) is 0 Å². The number of carbonyl (C=O) groups is 1. The Labute approximate surface area is 132 Å². The number of hydrogen-bond acceptors (Lipinski definition) is 2. The second kappa shape index (κ2) is 7.36. The van der Waals surface area contributed by atoms with Crippen LogP contribution in [0, 0.1) is 5.82 Å². The maximum Gasteiger partial charge on any atom is 0.313 e. The Bertz CT molecular complexity index is 613. The summed E-state index contributed by atoms with van der Waals surface area (Å²) in [6.07, 6.45) is 0. The monoisotopic (exact) mass is 350 g/mol. The van der Waals surface area contributed by atoms with Crippen LogP contribution in [0.25, 0.3) is 11.1 Å². The third-order valence-electron chi connectivity index (χ3n) is 3.25. The Morgan fingerprint density at radius 2 is 1.95 bits per heavy atom. The summed E-state index contributed by atoms with van der Waals surface area (Å²) in [6, 6.07) is 14.2. The summed E-state index contributed by atoms with van der Waals surface area (Å²) >= 11 is 3.19. The third kappa shape index (κ3) is 3.91. The van der Waals surface area contributed by atoms with Crippen molar-refractivity contribution in [3.63, 3.8) is 0 Å². The van der Waals surface area contributed by atoms with E-state index in [-0.39, 0.29) is 11.8 Å². The molecule has 4 heteroatoms. The molecule has 0 aliphatic carbocycles. The van der Waals surface area contributed by atoms with Crippen molar-refractivity contribution < 1.29 is 13.9 Å². The van der Waals surface area contributed by atoms with Crippen LogP contribution in [0.3, 0.4) is 0 Å². The van der Waals surface area contributed by atoms with Gasteiger partial charge >= 0.3 is 5.97 Å². The Morgan fingerprint density at radius 3 is 2.57 bits per heavy atom. The van der Waals surface area contributed by atoms with Crippen molar-refractivity contribution in [1.82, 2.24) is 0 Å². The largest absolute Gasteiger partial charge is 0.464 e. The van der Waals surface area contributed by atoms with Gasteiger partial charge in [0.2, 0.25) is 0 Å². The molecule has 2 rings (SSSR count). The molecular weight excluding hydrogens is 335 g/mol. The van der Waals surface area contributed by atoms with Gasteiger partial charge in [0.1, 0.15) is 12.4 Å². The topological polar surface area (TPSA) is 26.3 Å². The molecule has 0 radical (unpaired) electrons. The molecule has 0 amide bonds. The minimum Gasteiger partial charge on any atom is -0.464 e. The Balaban J connectivity index is 2.21. The van der Waals surface area contributed by atoms with Gasteiger partial charge in [-0.1, -0.05) is 58.4 Å². The van der Waals surface area contributed by atoms with Gasteiger partial charge in [-0.3, -0.25) is 4.79 Å².